The molecule has 1 N–H and O–H groups in total. The molecular weight excluding hydrogens is 250 g/mol. The van der Waals surface area contributed by atoms with Crippen LogP contribution in [0.1, 0.15) is 31.2 Å². The van der Waals surface area contributed by atoms with E-state index < -0.39 is 5.60 Å². The Morgan fingerprint density at radius 3 is 2.75 bits per heavy atom. The van der Waals surface area contributed by atoms with Gasteiger partial charge in [0.25, 0.3) is 0 Å². The van der Waals surface area contributed by atoms with Gasteiger partial charge in [0.15, 0.2) is 0 Å². The molecule has 1 aliphatic carbocycles. The third-order valence-electron chi connectivity index (χ3n) is 3.82. The van der Waals surface area contributed by atoms with Gasteiger partial charge in [-0.15, -0.1) is 6.42 Å². The molecule has 0 unspecified atom stereocenters. The number of nitrogens with zero attached hydrogens (tertiary/aromatic N) is 1. The Labute approximate surface area is 121 Å². The topological polar surface area (TPSA) is 32.7 Å². The van der Waals surface area contributed by atoms with E-state index in [0.29, 0.717) is 6.54 Å². The number of ether oxygens (including phenoxy) is 1. The lowest BCUT2D eigenvalue weighted by atomic mass is 10.0. The first kappa shape index (κ1) is 14.9. The summed E-state index contributed by atoms with van der Waals surface area (Å²) in [6, 6.07) is 7.92. The standard InChI is InChI=1S/C17H23NO2/c1-3-12-20-16-9-5-4-8-15(16)13-18(2)14-17(19)10-6-7-11-17/h1,4-5,8-9,19H,6-7,10-14H2,2H3. The van der Waals surface area contributed by atoms with Crippen molar-refractivity contribution in [1.29, 1.82) is 0 Å². The van der Waals surface area contributed by atoms with E-state index in [1.54, 1.807) is 0 Å². The molecule has 20 heavy (non-hydrogen) atoms. The molecule has 3 heteroatoms. The molecule has 1 fully saturated rings. The predicted octanol–water partition coefficient (Wildman–Crippen LogP) is 2.44. The van der Waals surface area contributed by atoms with Crippen LogP contribution in [0.15, 0.2) is 24.3 Å². The largest absolute Gasteiger partial charge is 0.481 e. The second-order valence-electron chi connectivity index (χ2n) is 5.70. The third-order valence-corrected chi connectivity index (χ3v) is 3.82. The number of para-hydroxylation sites is 1. The summed E-state index contributed by atoms with van der Waals surface area (Å²) in [6.45, 7) is 1.74. The summed E-state index contributed by atoms with van der Waals surface area (Å²) < 4.78 is 5.56. The van der Waals surface area contributed by atoms with E-state index in [4.69, 9.17) is 11.2 Å². The molecule has 0 radical (unpaired) electrons. The quantitative estimate of drug-likeness (QED) is 0.808. The molecule has 0 saturated heterocycles. The summed E-state index contributed by atoms with van der Waals surface area (Å²) in [7, 11) is 2.04. The summed E-state index contributed by atoms with van der Waals surface area (Å²) in [4.78, 5) is 2.16. The second kappa shape index (κ2) is 6.78. The fourth-order valence-electron chi connectivity index (χ4n) is 2.94. The monoisotopic (exact) mass is 273 g/mol. The number of benzene rings is 1. The molecule has 2 rings (SSSR count). The molecule has 0 heterocycles. The van der Waals surface area contributed by atoms with E-state index in [0.717, 1.165) is 43.5 Å². The number of hydrogen-bond donors (Lipinski definition) is 1. The Morgan fingerprint density at radius 2 is 2.05 bits per heavy atom. The highest BCUT2D eigenvalue weighted by Gasteiger charge is 2.32. The number of aliphatic hydroxyl groups is 1. The van der Waals surface area contributed by atoms with Crippen LogP contribution in [0.2, 0.25) is 0 Å². The van der Waals surface area contributed by atoms with E-state index >= 15 is 0 Å². The van der Waals surface area contributed by atoms with Crippen LogP contribution < -0.4 is 4.74 Å². The summed E-state index contributed by atoms with van der Waals surface area (Å²) in [6.07, 6.45) is 9.32. The van der Waals surface area contributed by atoms with Crippen molar-refractivity contribution in [2.45, 2.75) is 37.8 Å². The Hall–Kier alpha value is -1.50. The van der Waals surface area contributed by atoms with Crippen LogP contribution in [0.5, 0.6) is 5.75 Å². The van der Waals surface area contributed by atoms with Crippen molar-refractivity contribution in [3.8, 4) is 18.1 Å². The number of hydrogen-bond acceptors (Lipinski definition) is 3. The van der Waals surface area contributed by atoms with Gasteiger partial charge in [-0.25, -0.2) is 0 Å². The van der Waals surface area contributed by atoms with Crippen molar-refractivity contribution in [2.24, 2.45) is 0 Å². The van der Waals surface area contributed by atoms with Gasteiger partial charge in [0, 0.05) is 18.7 Å². The molecule has 0 spiro atoms. The van der Waals surface area contributed by atoms with E-state index in [-0.39, 0.29) is 6.61 Å². The van der Waals surface area contributed by atoms with Crippen molar-refractivity contribution in [2.75, 3.05) is 20.2 Å². The lowest BCUT2D eigenvalue weighted by Gasteiger charge is -2.29. The van der Waals surface area contributed by atoms with Gasteiger partial charge >= 0.3 is 0 Å². The molecule has 1 saturated carbocycles. The lowest BCUT2D eigenvalue weighted by molar-refractivity contribution is 0.0143. The van der Waals surface area contributed by atoms with Gasteiger partial charge in [0.2, 0.25) is 0 Å². The minimum atomic E-state index is -0.511. The fraction of sp³-hybridized carbons (Fsp3) is 0.529. The van der Waals surface area contributed by atoms with Gasteiger partial charge in [-0.2, -0.15) is 0 Å². The van der Waals surface area contributed by atoms with Crippen LogP contribution in [0.4, 0.5) is 0 Å². The van der Waals surface area contributed by atoms with Gasteiger partial charge < -0.3 is 9.84 Å². The Bertz CT molecular complexity index is 472. The minimum Gasteiger partial charge on any atom is -0.481 e. The van der Waals surface area contributed by atoms with Crippen LogP contribution in [0.25, 0.3) is 0 Å². The summed E-state index contributed by atoms with van der Waals surface area (Å²) in [5.41, 5.74) is 0.593. The SMILES string of the molecule is C#CCOc1ccccc1CN(C)CC1(O)CCCC1. The Morgan fingerprint density at radius 1 is 1.35 bits per heavy atom. The molecule has 0 atom stereocenters. The van der Waals surface area contributed by atoms with Crippen LogP contribution in [0.3, 0.4) is 0 Å². The van der Waals surface area contributed by atoms with E-state index in [2.05, 4.69) is 10.8 Å². The third kappa shape index (κ3) is 4.00. The molecule has 1 aliphatic rings. The maximum Gasteiger partial charge on any atom is 0.148 e. The Kier molecular flexibility index (Phi) is 5.05. The predicted molar refractivity (Wildman–Crippen MR) is 80.5 cm³/mol. The lowest BCUT2D eigenvalue weighted by Crippen LogP contribution is -2.38. The van der Waals surface area contributed by atoms with Crippen LogP contribution in [-0.4, -0.2) is 35.8 Å². The molecule has 0 bridgehead atoms. The molecule has 0 amide bonds. The van der Waals surface area contributed by atoms with Gasteiger partial charge in [-0.3, -0.25) is 4.90 Å². The summed E-state index contributed by atoms with van der Waals surface area (Å²) in [5, 5.41) is 10.5. The van der Waals surface area contributed by atoms with Crippen molar-refractivity contribution in [1.82, 2.24) is 4.90 Å². The maximum absolute atomic E-state index is 10.5. The first-order valence-electron chi connectivity index (χ1n) is 7.18. The molecule has 1 aromatic carbocycles. The highest BCUT2D eigenvalue weighted by Crippen LogP contribution is 2.30. The average Bonchev–Trinajstić information content (AvgIpc) is 2.84. The molecule has 1 aromatic rings. The molecule has 3 nitrogen and oxygen atoms in total. The van der Waals surface area contributed by atoms with Crippen LogP contribution >= 0.6 is 0 Å². The van der Waals surface area contributed by atoms with Crippen LogP contribution in [0, 0.1) is 12.3 Å². The highest BCUT2D eigenvalue weighted by molar-refractivity contribution is 5.33. The van der Waals surface area contributed by atoms with Crippen molar-refractivity contribution >= 4 is 0 Å². The molecule has 0 aromatic heterocycles. The first-order valence-corrected chi connectivity index (χ1v) is 7.18. The van der Waals surface area contributed by atoms with Crippen molar-refractivity contribution in [3.05, 3.63) is 29.8 Å². The molecule has 108 valence electrons. The first-order chi connectivity index (χ1) is 9.63. The zero-order valence-corrected chi connectivity index (χ0v) is 12.1. The van der Waals surface area contributed by atoms with Gasteiger partial charge in [0.1, 0.15) is 12.4 Å². The molecular formula is C17H23NO2. The van der Waals surface area contributed by atoms with Gasteiger partial charge in [-0.05, 0) is 26.0 Å². The van der Waals surface area contributed by atoms with Gasteiger partial charge in [-0.1, -0.05) is 37.0 Å². The van der Waals surface area contributed by atoms with E-state index in [9.17, 15) is 5.11 Å². The highest BCUT2D eigenvalue weighted by atomic mass is 16.5. The maximum atomic E-state index is 10.5. The average molecular weight is 273 g/mol. The van der Waals surface area contributed by atoms with Crippen molar-refractivity contribution < 1.29 is 9.84 Å². The zero-order valence-electron chi connectivity index (χ0n) is 12.1. The number of rotatable bonds is 6. The minimum absolute atomic E-state index is 0.282. The fourth-order valence-corrected chi connectivity index (χ4v) is 2.94. The normalized spacial score (nSPS) is 17.1. The number of likely N-dealkylation sites (N-methyl/N-ethyl adjacent to an activating group) is 1. The molecule has 0 aliphatic heterocycles. The zero-order chi connectivity index (χ0) is 14.4. The van der Waals surface area contributed by atoms with E-state index in [1.165, 1.54) is 0 Å². The second-order valence-corrected chi connectivity index (χ2v) is 5.70. The van der Waals surface area contributed by atoms with E-state index in [1.807, 2.05) is 31.3 Å². The smallest absolute Gasteiger partial charge is 0.148 e. The van der Waals surface area contributed by atoms with Gasteiger partial charge in [0.05, 0.1) is 5.60 Å². The number of terminal acetylenes is 1. The summed E-state index contributed by atoms with van der Waals surface area (Å²) >= 11 is 0. The summed E-state index contributed by atoms with van der Waals surface area (Å²) in [5.74, 6) is 3.32. The van der Waals surface area contributed by atoms with Crippen LogP contribution in [-0.2, 0) is 6.54 Å². The Balaban J connectivity index is 1.96. The van der Waals surface area contributed by atoms with Crippen molar-refractivity contribution in [3.63, 3.8) is 0 Å².